The van der Waals surface area contributed by atoms with Crippen molar-refractivity contribution in [2.24, 2.45) is 5.92 Å². The quantitative estimate of drug-likeness (QED) is 0.370. The lowest BCUT2D eigenvalue weighted by Crippen LogP contribution is -2.29. The van der Waals surface area contributed by atoms with Crippen molar-refractivity contribution in [3.05, 3.63) is 46.6 Å². The maximum atomic E-state index is 12.9. The van der Waals surface area contributed by atoms with Crippen molar-refractivity contribution < 1.29 is 4.39 Å². The summed E-state index contributed by atoms with van der Waals surface area (Å²) in [7, 11) is 0. The van der Waals surface area contributed by atoms with Gasteiger partial charge in [0.05, 0.1) is 11.7 Å². The van der Waals surface area contributed by atoms with Crippen molar-refractivity contribution in [3.63, 3.8) is 0 Å². The van der Waals surface area contributed by atoms with Gasteiger partial charge in [0, 0.05) is 35.4 Å². The van der Waals surface area contributed by atoms with Crippen LogP contribution in [-0.2, 0) is 0 Å². The summed E-state index contributed by atoms with van der Waals surface area (Å²) in [4.78, 5) is 7.23. The molecule has 3 aromatic rings. The molecule has 2 aromatic heterocycles. The van der Waals surface area contributed by atoms with Gasteiger partial charge in [0.25, 0.3) is 0 Å². The molecule has 7 heteroatoms. The summed E-state index contributed by atoms with van der Waals surface area (Å²) in [5.74, 6) is 1.75. The minimum atomic E-state index is -0.307. The molecule has 0 atom stereocenters. The van der Waals surface area contributed by atoms with Crippen LogP contribution in [0.5, 0.6) is 0 Å². The first kappa shape index (κ1) is 19.9. The van der Waals surface area contributed by atoms with Gasteiger partial charge in [-0.25, -0.2) is 4.98 Å². The van der Waals surface area contributed by atoms with Crippen LogP contribution in [0.2, 0.25) is 10.0 Å². The van der Waals surface area contributed by atoms with Crippen LogP contribution in [0.25, 0.3) is 16.8 Å². The molecule has 0 bridgehead atoms. The van der Waals surface area contributed by atoms with Gasteiger partial charge >= 0.3 is 0 Å². The Bertz CT molecular complexity index is 987. The zero-order valence-corrected chi connectivity index (χ0v) is 18.0. The van der Waals surface area contributed by atoms with Gasteiger partial charge in [-0.05, 0) is 55.7 Å². The predicted molar refractivity (Wildman–Crippen MR) is 118 cm³/mol. The van der Waals surface area contributed by atoms with E-state index in [2.05, 4.69) is 9.30 Å². The lowest BCUT2D eigenvalue weighted by molar-refractivity contribution is 0.468. The molecule has 0 spiro atoms. The van der Waals surface area contributed by atoms with Gasteiger partial charge in [0.15, 0.2) is 0 Å². The molecule has 0 aliphatic heterocycles. The number of thioether (sulfide) groups is 1. The predicted octanol–water partition coefficient (Wildman–Crippen LogP) is 6.61. The summed E-state index contributed by atoms with van der Waals surface area (Å²) in [5, 5.41) is 2.16. The SMILES string of the molecule is CSc1nc2c(-c3ccc(Cl)cc3Cl)cccn2c1N(CCCF)CC1CC1. The molecule has 28 heavy (non-hydrogen) atoms. The minimum absolute atomic E-state index is 0.307. The number of rotatable bonds is 8. The molecule has 3 nitrogen and oxygen atoms in total. The summed E-state index contributed by atoms with van der Waals surface area (Å²) in [6, 6.07) is 9.55. The van der Waals surface area contributed by atoms with Crippen LogP contribution in [0.15, 0.2) is 41.6 Å². The zero-order valence-electron chi connectivity index (χ0n) is 15.7. The van der Waals surface area contributed by atoms with E-state index in [1.165, 1.54) is 12.8 Å². The van der Waals surface area contributed by atoms with Crippen LogP contribution in [0.4, 0.5) is 10.2 Å². The fourth-order valence-corrected chi connectivity index (χ4v) is 4.62. The molecule has 1 fully saturated rings. The lowest BCUT2D eigenvalue weighted by atomic mass is 10.1. The number of halogens is 3. The molecule has 1 saturated carbocycles. The molecule has 0 unspecified atom stereocenters. The fraction of sp³-hybridized carbons (Fsp3) is 0.381. The van der Waals surface area contributed by atoms with Crippen LogP contribution >= 0.6 is 35.0 Å². The van der Waals surface area contributed by atoms with E-state index in [0.717, 1.165) is 34.2 Å². The number of fused-ring (bicyclic) bond motifs is 1. The first-order valence-electron chi connectivity index (χ1n) is 9.43. The summed E-state index contributed by atoms with van der Waals surface area (Å²) in [6.07, 6.45) is 7.09. The van der Waals surface area contributed by atoms with Crippen molar-refractivity contribution in [1.82, 2.24) is 9.38 Å². The highest BCUT2D eigenvalue weighted by Gasteiger charge is 2.28. The van der Waals surface area contributed by atoms with Gasteiger partial charge in [0.1, 0.15) is 16.5 Å². The van der Waals surface area contributed by atoms with Gasteiger partial charge in [-0.1, -0.05) is 29.3 Å². The van der Waals surface area contributed by atoms with Crippen molar-refractivity contribution >= 4 is 46.4 Å². The Morgan fingerprint density at radius 1 is 1.25 bits per heavy atom. The largest absolute Gasteiger partial charge is 0.355 e. The maximum Gasteiger partial charge on any atom is 0.147 e. The average molecular weight is 438 g/mol. The second-order valence-corrected chi connectivity index (χ2v) is 8.75. The van der Waals surface area contributed by atoms with Crippen LogP contribution in [0.3, 0.4) is 0 Å². The molecule has 0 radical (unpaired) electrons. The Morgan fingerprint density at radius 2 is 2.07 bits per heavy atom. The molecule has 2 heterocycles. The van der Waals surface area contributed by atoms with Crippen molar-refractivity contribution in [1.29, 1.82) is 0 Å². The Labute approximate surface area is 178 Å². The van der Waals surface area contributed by atoms with Gasteiger partial charge in [-0.3, -0.25) is 8.79 Å². The second-order valence-electron chi connectivity index (χ2n) is 7.12. The number of aromatic nitrogens is 2. The average Bonchev–Trinajstić information content (AvgIpc) is 3.42. The molecule has 1 aliphatic rings. The van der Waals surface area contributed by atoms with Crippen LogP contribution in [-0.4, -0.2) is 35.4 Å². The molecule has 0 N–H and O–H groups in total. The third-order valence-electron chi connectivity index (χ3n) is 5.05. The number of hydrogen-bond donors (Lipinski definition) is 0. The number of pyridine rings is 1. The monoisotopic (exact) mass is 437 g/mol. The van der Waals surface area contributed by atoms with E-state index in [1.807, 2.05) is 36.7 Å². The molecule has 1 aromatic carbocycles. The van der Waals surface area contributed by atoms with Crippen molar-refractivity contribution in [2.45, 2.75) is 24.3 Å². The second kappa shape index (κ2) is 8.52. The maximum absolute atomic E-state index is 12.9. The van der Waals surface area contributed by atoms with Gasteiger partial charge in [-0.2, -0.15) is 0 Å². The van der Waals surface area contributed by atoms with Crippen LogP contribution < -0.4 is 4.90 Å². The van der Waals surface area contributed by atoms with Gasteiger partial charge in [-0.15, -0.1) is 11.8 Å². The summed E-state index contributed by atoms with van der Waals surface area (Å²) in [5.41, 5.74) is 2.72. The highest BCUT2D eigenvalue weighted by molar-refractivity contribution is 7.98. The van der Waals surface area contributed by atoms with Crippen LogP contribution in [0.1, 0.15) is 19.3 Å². The number of anilines is 1. The number of nitrogens with zero attached hydrogens (tertiary/aromatic N) is 3. The van der Waals surface area contributed by atoms with E-state index in [0.29, 0.717) is 28.9 Å². The third kappa shape index (κ3) is 3.98. The highest BCUT2D eigenvalue weighted by atomic mass is 35.5. The topological polar surface area (TPSA) is 20.5 Å². The summed E-state index contributed by atoms with van der Waals surface area (Å²) in [6.45, 7) is 1.34. The fourth-order valence-electron chi connectivity index (χ4n) is 3.52. The molecule has 0 amide bonds. The highest BCUT2D eigenvalue weighted by Crippen LogP contribution is 2.39. The van der Waals surface area contributed by atoms with E-state index in [9.17, 15) is 4.39 Å². The Kier molecular flexibility index (Phi) is 6.04. The first-order valence-corrected chi connectivity index (χ1v) is 11.4. The third-order valence-corrected chi connectivity index (χ3v) is 6.25. The van der Waals surface area contributed by atoms with E-state index < -0.39 is 0 Å². The molecule has 4 rings (SSSR count). The van der Waals surface area contributed by atoms with E-state index in [-0.39, 0.29) is 6.67 Å². The number of alkyl halides is 1. The van der Waals surface area contributed by atoms with Crippen LogP contribution in [0, 0.1) is 5.92 Å². The smallest absolute Gasteiger partial charge is 0.147 e. The Balaban J connectivity index is 1.85. The molecular formula is C21H22Cl2FN3S. The molecule has 1 aliphatic carbocycles. The zero-order chi connectivity index (χ0) is 19.7. The Hall–Kier alpha value is -1.43. The van der Waals surface area contributed by atoms with Crippen molar-refractivity contribution in [3.8, 4) is 11.1 Å². The molecule has 148 valence electrons. The lowest BCUT2D eigenvalue weighted by Gasteiger charge is -2.24. The number of benzene rings is 1. The molecule has 0 saturated heterocycles. The van der Waals surface area contributed by atoms with Gasteiger partial charge < -0.3 is 4.90 Å². The summed E-state index contributed by atoms with van der Waals surface area (Å²) < 4.78 is 15.0. The number of hydrogen-bond acceptors (Lipinski definition) is 3. The normalized spacial score (nSPS) is 14.0. The van der Waals surface area contributed by atoms with Gasteiger partial charge in [0.2, 0.25) is 0 Å². The summed E-state index contributed by atoms with van der Waals surface area (Å²) >= 11 is 14.2. The van der Waals surface area contributed by atoms with E-state index in [1.54, 1.807) is 17.8 Å². The van der Waals surface area contributed by atoms with E-state index in [4.69, 9.17) is 28.2 Å². The standard InChI is InChI=1S/C21H22Cl2FN3S/c1-28-20-21(26(10-3-9-24)13-14-5-6-14)27-11-2-4-17(19(27)25-20)16-8-7-15(22)12-18(16)23/h2,4,7-8,11-12,14H,3,5-6,9-10,13H2,1H3. The first-order chi connectivity index (χ1) is 13.6. The Morgan fingerprint density at radius 3 is 2.75 bits per heavy atom. The van der Waals surface area contributed by atoms with Crippen molar-refractivity contribution in [2.75, 3.05) is 30.9 Å². The minimum Gasteiger partial charge on any atom is -0.355 e. The molecular weight excluding hydrogens is 416 g/mol. The van der Waals surface area contributed by atoms with E-state index >= 15 is 0 Å². The number of imidazole rings is 1.